The molecule has 1 atom stereocenters. The summed E-state index contributed by atoms with van der Waals surface area (Å²) in [5.74, 6) is -0.802. The zero-order chi connectivity index (χ0) is 14.3. The van der Waals surface area contributed by atoms with Gasteiger partial charge in [-0.2, -0.15) is 0 Å². The second-order valence-electron chi connectivity index (χ2n) is 5.54. The van der Waals surface area contributed by atoms with Crippen LogP contribution in [0.3, 0.4) is 0 Å². The molecule has 1 unspecified atom stereocenters. The second-order valence-corrected chi connectivity index (χ2v) is 5.54. The van der Waals surface area contributed by atoms with E-state index in [-0.39, 0.29) is 18.6 Å². The number of aliphatic carboxylic acids is 1. The van der Waals surface area contributed by atoms with Crippen molar-refractivity contribution in [1.29, 1.82) is 0 Å². The van der Waals surface area contributed by atoms with Crippen LogP contribution < -0.4 is 10.6 Å². The third kappa shape index (κ3) is 5.09. The van der Waals surface area contributed by atoms with Crippen molar-refractivity contribution in [1.82, 2.24) is 10.6 Å². The third-order valence-electron chi connectivity index (χ3n) is 3.77. The minimum absolute atomic E-state index is 0.199. The van der Waals surface area contributed by atoms with Gasteiger partial charge in [0.15, 0.2) is 0 Å². The Morgan fingerprint density at radius 3 is 2.37 bits per heavy atom. The minimum Gasteiger partial charge on any atom is -0.481 e. The van der Waals surface area contributed by atoms with Crippen LogP contribution in [-0.2, 0) is 4.79 Å². The van der Waals surface area contributed by atoms with E-state index in [9.17, 15) is 9.59 Å². The molecule has 0 saturated heterocycles. The van der Waals surface area contributed by atoms with E-state index in [0.29, 0.717) is 12.8 Å². The minimum atomic E-state index is -0.802. The molecule has 0 spiro atoms. The summed E-state index contributed by atoms with van der Waals surface area (Å²) in [6.45, 7) is 4.47. The number of amides is 2. The van der Waals surface area contributed by atoms with Gasteiger partial charge in [-0.05, 0) is 25.7 Å². The largest absolute Gasteiger partial charge is 0.481 e. The monoisotopic (exact) mass is 270 g/mol. The average Bonchev–Trinajstić information content (AvgIpc) is 3.15. The number of carboxylic acids is 1. The highest BCUT2D eigenvalue weighted by Crippen LogP contribution is 2.45. The molecule has 0 aromatic carbocycles. The van der Waals surface area contributed by atoms with Gasteiger partial charge in [-0.1, -0.05) is 33.1 Å². The lowest BCUT2D eigenvalue weighted by molar-refractivity contribution is -0.143. The third-order valence-corrected chi connectivity index (χ3v) is 3.77. The summed E-state index contributed by atoms with van der Waals surface area (Å²) in [4.78, 5) is 22.8. The van der Waals surface area contributed by atoms with Crippen LogP contribution in [0.4, 0.5) is 4.79 Å². The quantitative estimate of drug-likeness (QED) is 0.602. The highest BCUT2D eigenvalue weighted by atomic mass is 16.4. The molecule has 1 aliphatic carbocycles. The number of carbonyl (C=O) groups excluding carboxylic acids is 1. The summed E-state index contributed by atoms with van der Waals surface area (Å²) in [7, 11) is 0. The second kappa shape index (κ2) is 7.36. The van der Waals surface area contributed by atoms with Crippen LogP contribution in [0, 0.1) is 5.41 Å². The van der Waals surface area contributed by atoms with Gasteiger partial charge < -0.3 is 15.7 Å². The van der Waals surface area contributed by atoms with Crippen molar-refractivity contribution in [3.05, 3.63) is 0 Å². The van der Waals surface area contributed by atoms with Crippen molar-refractivity contribution in [3.63, 3.8) is 0 Å². The van der Waals surface area contributed by atoms with E-state index in [1.807, 2.05) is 0 Å². The normalized spacial score (nSPS) is 17.6. The van der Waals surface area contributed by atoms with E-state index in [1.54, 1.807) is 0 Å². The number of urea groups is 1. The molecule has 5 nitrogen and oxygen atoms in total. The number of carbonyl (C=O) groups is 2. The smallest absolute Gasteiger partial charge is 0.315 e. The molecule has 110 valence electrons. The standard InChI is InChI=1S/C14H26N2O3/c1-3-5-7-11(6-4-2)16-13(19)15-10-14(8-9-14)12(17)18/h11H,3-10H2,1-2H3,(H,17,18)(H2,15,16,19). The summed E-state index contributed by atoms with van der Waals surface area (Å²) >= 11 is 0. The molecular weight excluding hydrogens is 244 g/mol. The molecule has 0 radical (unpaired) electrons. The Balaban J connectivity index is 2.29. The molecule has 3 N–H and O–H groups in total. The Bertz CT molecular complexity index is 314. The molecule has 1 aliphatic rings. The van der Waals surface area contributed by atoms with E-state index in [0.717, 1.165) is 32.1 Å². The van der Waals surface area contributed by atoms with Crippen molar-refractivity contribution in [3.8, 4) is 0 Å². The van der Waals surface area contributed by atoms with Crippen LogP contribution in [0.25, 0.3) is 0 Å². The van der Waals surface area contributed by atoms with E-state index < -0.39 is 11.4 Å². The van der Waals surface area contributed by atoms with E-state index in [1.165, 1.54) is 0 Å². The summed E-state index contributed by atoms with van der Waals surface area (Å²) in [5.41, 5.74) is -0.693. The molecule has 0 aromatic heterocycles. The molecule has 0 heterocycles. The lowest BCUT2D eigenvalue weighted by atomic mass is 10.1. The number of carboxylic acid groups (broad SMARTS) is 1. The Hall–Kier alpha value is -1.26. The van der Waals surface area contributed by atoms with Crippen LogP contribution in [0.2, 0.25) is 0 Å². The predicted octanol–water partition coefficient (Wildman–Crippen LogP) is 2.51. The molecule has 0 aromatic rings. The van der Waals surface area contributed by atoms with Crippen LogP contribution in [0.5, 0.6) is 0 Å². The molecule has 0 bridgehead atoms. The first kappa shape index (κ1) is 15.8. The first-order valence-electron chi connectivity index (χ1n) is 7.32. The zero-order valence-corrected chi connectivity index (χ0v) is 12.0. The topological polar surface area (TPSA) is 78.4 Å². The summed E-state index contributed by atoms with van der Waals surface area (Å²) < 4.78 is 0. The van der Waals surface area contributed by atoms with E-state index in [4.69, 9.17) is 5.11 Å². The van der Waals surface area contributed by atoms with Gasteiger partial charge >= 0.3 is 12.0 Å². The Morgan fingerprint density at radius 1 is 1.21 bits per heavy atom. The molecular formula is C14H26N2O3. The molecule has 5 heteroatoms. The summed E-state index contributed by atoms with van der Waals surface area (Å²) in [6.07, 6.45) is 6.54. The molecule has 1 fully saturated rings. The maximum atomic E-state index is 11.8. The van der Waals surface area contributed by atoms with Crippen molar-refractivity contribution >= 4 is 12.0 Å². The maximum absolute atomic E-state index is 11.8. The highest BCUT2D eigenvalue weighted by molar-refractivity contribution is 5.80. The Kier molecular flexibility index (Phi) is 6.12. The van der Waals surface area contributed by atoms with Gasteiger partial charge in [-0.15, -0.1) is 0 Å². The average molecular weight is 270 g/mol. The molecule has 2 amide bonds. The van der Waals surface area contributed by atoms with Gasteiger partial charge in [0.25, 0.3) is 0 Å². The maximum Gasteiger partial charge on any atom is 0.315 e. The van der Waals surface area contributed by atoms with Crippen LogP contribution >= 0.6 is 0 Å². The fourth-order valence-electron chi connectivity index (χ4n) is 2.19. The van der Waals surface area contributed by atoms with E-state index in [2.05, 4.69) is 24.5 Å². The lowest BCUT2D eigenvalue weighted by Gasteiger charge is -2.19. The van der Waals surface area contributed by atoms with Crippen LogP contribution in [-0.4, -0.2) is 29.7 Å². The predicted molar refractivity (Wildman–Crippen MR) is 74.1 cm³/mol. The van der Waals surface area contributed by atoms with Crippen molar-refractivity contribution in [2.45, 2.75) is 64.8 Å². The SMILES string of the molecule is CCCCC(CCC)NC(=O)NCC1(C(=O)O)CC1. The number of rotatable bonds is 9. The van der Waals surface area contributed by atoms with Gasteiger partial charge in [0.05, 0.1) is 5.41 Å². The van der Waals surface area contributed by atoms with Gasteiger partial charge in [-0.25, -0.2) is 4.79 Å². The number of hydrogen-bond acceptors (Lipinski definition) is 2. The zero-order valence-electron chi connectivity index (χ0n) is 12.0. The molecule has 19 heavy (non-hydrogen) atoms. The van der Waals surface area contributed by atoms with Crippen molar-refractivity contribution in [2.75, 3.05) is 6.54 Å². The summed E-state index contributed by atoms with van der Waals surface area (Å²) in [5, 5.41) is 14.7. The lowest BCUT2D eigenvalue weighted by Crippen LogP contribution is -2.45. The van der Waals surface area contributed by atoms with Crippen molar-refractivity contribution < 1.29 is 14.7 Å². The van der Waals surface area contributed by atoms with Gasteiger partial charge in [0.2, 0.25) is 0 Å². The number of hydrogen-bond donors (Lipinski definition) is 3. The summed E-state index contributed by atoms with van der Waals surface area (Å²) in [6, 6.07) is -0.0352. The Morgan fingerprint density at radius 2 is 1.89 bits per heavy atom. The van der Waals surface area contributed by atoms with Gasteiger partial charge in [-0.3, -0.25) is 4.79 Å². The van der Waals surface area contributed by atoms with Gasteiger partial charge in [0.1, 0.15) is 0 Å². The number of nitrogens with one attached hydrogen (secondary N) is 2. The van der Waals surface area contributed by atoms with E-state index >= 15 is 0 Å². The first-order chi connectivity index (χ1) is 9.04. The van der Waals surface area contributed by atoms with Crippen molar-refractivity contribution in [2.24, 2.45) is 5.41 Å². The van der Waals surface area contributed by atoms with Gasteiger partial charge in [0, 0.05) is 12.6 Å². The first-order valence-corrected chi connectivity index (χ1v) is 7.32. The van der Waals surface area contributed by atoms with Crippen LogP contribution in [0.15, 0.2) is 0 Å². The molecule has 1 saturated carbocycles. The Labute approximate surface area is 115 Å². The van der Waals surface area contributed by atoms with Crippen LogP contribution in [0.1, 0.15) is 58.8 Å². The fraction of sp³-hybridized carbons (Fsp3) is 0.857. The number of unbranched alkanes of at least 4 members (excludes halogenated alkanes) is 1. The fourth-order valence-corrected chi connectivity index (χ4v) is 2.19. The highest BCUT2D eigenvalue weighted by Gasteiger charge is 2.50. The molecule has 0 aliphatic heterocycles. The molecule has 1 rings (SSSR count).